The molecule has 300 valence electrons. The number of hydrogen-bond acceptors (Lipinski definition) is 10. The Hall–Kier alpha value is -3.94. The zero-order valence-corrected chi connectivity index (χ0v) is 32.1. The molecule has 1 heterocycles. The third-order valence-electron chi connectivity index (χ3n) is 13.6. The van der Waals surface area contributed by atoms with E-state index in [4.69, 9.17) is 25.4 Å². The average Bonchev–Trinajstić information content (AvgIpc) is 3.32. The minimum absolute atomic E-state index is 0.0178. The largest absolute Gasteiger partial charge is 0.480 e. The number of aliphatic imine (C=N–C) groups is 1. The molecule has 4 fully saturated rings. The van der Waals surface area contributed by atoms with E-state index < -0.39 is 40.7 Å². The van der Waals surface area contributed by atoms with Gasteiger partial charge in [-0.05, 0) is 105 Å². The maximum Gasteiger partial charge on any atom is 0.335 e. The van der Waals surface area contributed by atoms with E-state index in [0.29, 0.717) is 44.6 Å². The van der Waals surface area contributed by atoms with Gasteiger partial charge in [-0.25, -0.2) is 9.59 Å². The first-order chi connectivity index (χ1) is 25.6. The number of nitrogens with one attached hydrogen (secondary N) is 1. The molecule has 7 N–H and O–H groups in total. The summed E-state index contributed by atoms with van der Waals surface area (Å²) < 4.78 is 16.9. The van der Waals surface area contributed by atoms with Crippen molar-refractivity contribution in [2.75, 3.05) is 6.54 Å². The van der Waals surface area contributed by atoms with Gasteiger partial charge in [0.05, 0.1) is 11.9 Å². The van der Waals surface area contributed by atoms with Crippen molar-refractivity contribution in [1.82, 2.24) is 5.32 Å². The molecule has 0 radical (unpaired) electrons. The lowest BCUT2D eigenvalue weighted by Crippen LogP contribution is -2.62. The first-order valence-corrected chi connectivity index (χ1v) is 19.8. The predicted molar refractivity (Wildman–Crippen MR) is 199 cm³/mol. The summed E-state index contributed by atoms with van der Waals surface area (Å²) >= 11 is 0. The quantitative estimate of drug-likeness (QED) is 0.0688. The lowest BCUT2D eigenvalue weighted by atomic mass is 9.43. The van der Waals surface area contributed by atoms with Gasteiger partial charge in [0.1, 0.15) is 18.2 Å². The Balaban J connectivity index is 1.07. The summed E-state index contributed by atoms with van der Waals surface area (Å²) in [6.07, 6.45) is 10.8. The molecule has 0 aromatic carbocycles. The van der Waals surface area contributed by atoms with Crippen molar-refractivity contribution < 1.29 is 43.3 Å². The number of esters is 2. The van der Waals surface area contributed by atoms with Crippen LogP contribution in [0.2, 0.25) is 0 Å². The van der Waals surface area contributed by atoms with Crippen LogP contribution in [0.3, 0.4) is 0 Å². The minimum atomic E-state index is -1.10. The van der Waals surface area contributed by atoms with E-state index in [2.05, 4.69) is 24.2 Å². The summed E-state index contributed by atoms with van der Waals surface area (Å²) in [6, 6.07) is 2.24. The fourth-order valence-electron chi connectivity index (χ4n) is 11.0. The van der Waals surface area contributed by atoms with E-state index in [1.807, 2.05) is 0 Å². The topological polar surface area (TPSA) is 234 Å². The van der Waals surface area contributed by atoms with Gasteiger partial charge in [0, 0.05) is 50.1 Å². The maximum atomic E-state index is 12.9. The van der Waals surface area contributed by atoms with Crippen molar-refractivity contribution in [1.29, 1.82) is 0 Å². The number of carbonyl (C=O) groups is 4. The molecule has 10 atom stereocenters. The van der Waals surface area contributed by atoms with Gasteiger partial charge in [0.15, 0.2) is 5.96 Å². The molecule has 0 bridgehead atoms. The molecule has 4 aliphatic rings. The molecule has 4 aliphatic carbocycles. The molecular formula is C40H60N4O10. The van der Waals surface area contributed by atoms with E-state index in [-0.39, 0.29) is 60.0 Å². The van der Waals surface area contributed by atoms with E-state index in [1.54, 1.807) is 6.07 Å². The number of guanidine groups is 1. The SMILES string of the molecule is CC(=O)O[C@H]1C[C@]2(O)C3CC[C@@H]4C[C@@H](OC(=O)CCCCCCC(=O)NC(CCCN=C(N)N)C(=O)O)CC[C@]4(C)C3CC[C@]2(C)[C@H]1c1ccoc(=O)c1. The van der Waals surface area contributed by atoms with Crippen LogP contribution in [0.15, 0.2) is 32.6 Å². The highest BCUT2D eigenvalue weighted by Gasteiger charge is 2.70. The van der Waals surface area contributed by atoms with Crippen molar-refractivity contribution in [2.24, 2.45) is 45.0 Å². The maximum absolute atomic E-state index is 12.9. The number of rotatable bonds is 16. The lowest BCUT2D eigenvalue weighted by Gasteiger charge is -2.63. The number of fused-ring (bicyclic) bond motifs is 5. The zero-order chi connectivity index (χ0) is 39.3. The van der Waals surface area contributed by atoms with Crippen LogP contribution in [0.4, 0.5) is 0 Å². The Kier molecular flexibility index (Phi) is 13.2. The molecule has 5 rings (SSSR count). The molecule has 1 aromatic heterocycles. The highest BCUT2D eigenvalue weighted by molar-refractivity contribution is 5.83. The molecule has 3 unspecified atom stereocenters. The number of nitrogens with two attached hydrogens (primary N) is 2. The van der Waals surface area contributed by atoms with E-state index >= 15 is 0 Å². The smallest absolute Gasteiger partial charge is 0.335 e. The number of carbonyl (C=O) groups excluding carboxylic acids is 3. The second-order valence-corrected chi connectivity index (χ2v) is 16.8. The Bertz CT molecular complexity index is 1610. The van der Waals surface area contributed by atoms with Crippen LogP contribution in [0.1, 0.15) is 135 Å². The monoisotopic (exact) mass is 756 g/mol. The second kappa shape index (κ2) is 17.2. The summed E-state index contributed by atoms with van der Waals surface area (Å²) in [5, 5.41) is 24.8. The summed E-state index contributed by atoms with van der Waals surface area (Å²) in [4.78, 5) is 65.0. The van der Waals surface area contributed by atoms with E-state index in [0.717, 1.165) is 63.4 Å². The number of aliphatic carboxylic acids is 1. The van der Waals surface area contributed by atoms with Gasteiger partial charge in [0.2, 0.25) is 5.91 Å². The Morgan fingerprint density at radius 2 is 1.74 bits per heavy atom. The number of nitrogens with zero attached hydrogens (tertiary/aromatic N) is 1. The fourth-order valence-corrected chi connectivity index (χ4v) is 11.0. The van der Waals surface area contributed by atoms with Gasteiger partial charge in [-0.2, -0.15) is 0 Å². The van der Waals surface area contributed by atoms with Crippen LogP contribution in [0.5, 0.6) is 0 Å². The van der Waals surface area contributed by atoms with Crippen molar-refractivity contribution in [3.05, 3.63) is 34.4 Å². The van der Waals surface area contributed by atoms with Crippen LogP contribution >= 0.6 is 0 Å². The van der Waals surface area contributed by atoms with Crippen molar-refractivity contribution in [3.8, 4) is 0 Å². The van der Waals surface area contributed by atoms with Crippen LogP contribution in [-0.4, -0.2) is 70.4 Å². The van der Waals surface area contributed by atoms with E-state index in [9.17, 15) is 34.2 Å². The Morgan fingerprint density at radius 1 is 1.00 bits per heavy atom. The molecule has 4 saturated carbocycles. The van der Waals surface area contributed by atoms with Gasteiger partial charge >= 0.3 is 23.5 Å². The highest BCUT2D eigenvalue weighted by Crippen LogP contribution is 2.71. The molecule has 1 amide bonds. The second-order valence-electron chi connectivity index (χ2n) is 16.8. The van der Waals surface area contributed by atoms with Crippen molar-refractivity contribution in [2.45, 2.75) is 153 Å². The van der Waals surface area contributed by atoms with Crippen molar-refractivity contribution >= 4 is 29.8 Å². The fraction of sp³-hybridized carbons (Fsp3) is 0.750. The number of ether oxygens (including phenoxy) is 2. The summed E-state index contributed by atoms with van der Waals surface area (Å²) in [5.74, 6) is -1.75. The van der Waals surface area contributed by atoms with Crippen LogP contribution in [0, 0.1) is 28.6 Å². The Labute approximate surface area is 317 Å². The molecule has 54 heavy (non-hydrogen) atoms. The van der Waals surface area contributed by atoms with E-state index in [1.165, 1.54) is 19.3 Å². The molecule has 1 aromatic rings. The number of hydrogen-bond donors (Lipinski definition) is 5. The summed E-state index contributed by atoms with van der Waals surface area (Å²) in [7, 11) is 0. The summed E-state index contributed by atoms with van der Waals surface area (Å²) in [6.45, 7) is 6.14. The lowest BCUT2D eigenvalue weighted by molar-refractivity contribution is -0.207. The number of carboxylic acid groups (broad SMARTS) is 1. The highest BCUT2D eigenvalue weighted by atomic mass is 16.5. The third kappa shape index (κ3) is 8.95. The number of unbranched alkanes of at least 4 members (excludes halogenated alkanes) is 3. The molecule has 0 saturated heterocycles. The first-order valence-electron chi connectivity index (χ1n) is 19.8. The molecule has 14 heteroatoms. The first kappa shape index (κ1) is 41.2. The Morgan fingerprint density at radius 3 is 2.43 bits per heavy atom. The van der Waals surface area contributed by atoms with Crippen LogP contribution in [-0.2, 0) is 28.7 Å². The average molecular weight is 757 g/mol. The standard InChI is InChI=1S/C40H60N4O10/c1-24(45)53-31-23-40(51)29-13-12-26-22-27(14-17-38(26,2)28(29)15-18-39(40,3)35(31)25-16-20-52-34(48)21-25)54-33(47)11-7-5-4-6-10-32(46)44-30(36(49)50)9-8-19-43-37(41)42/h16,20-21,26-31,35,51H,4-15,17-19,22-23H2,1-3H3,(H,44,46)(H,49,50)(H4,41,42,43)/t26-,27+,28?,29?,30?,31+,35+,38+,39-,40+/m1/s1. The number of amides is 1. The summed E-state index contributed by atoms with van der Waals surface area (Å²) in [5.41, 5.74) is 9.15. The minimum Gasteiger partial charge on any atom is -0.480 e. The normalized spacial score (nSPS) is 33.3. The zero-order valence-electron chi connectivity index (χ0n) is 32.1. The molecule has 0 spiro atoms. The number of carboxylic acids is 1. The molecule has 0 aliphatic heterocycles. The van der Waals surface area contributed by atoms with Gasteiger partial charge < -0.3 is 40.9 Å². The van der Waals surface area contributed by atoms with Gasteiger partial charge in [-0.1, -0.05) is 26.7 Å². The van der Waals surface area contributed by atoms with Crippen LogP contribution < -0.4 is 22.4 Å². The number of aliphatic hydroxyl groups is 1. The van der Waals surface area contributed by atoms with Gasteiger partial charge in [-0.15, -0.1) is 0 Å². The van der Waals surface area contributed by atoms with Crippen molar-refractivity contribution in [3.63, 3.8) is 0 Å². The molecular weight excluding hydrogens is 696 g/mol. The van der Waals surface area contributed by atoms with Gasteiger partial charge in [0.25, 0.3) is 0 Å². The molecule has 14 nitrogen and oxygen atoms in total. The van der Waals surface area contributed by atoms with Gasteiger partial charge in [-0.3, -0.25) is 19.4 Å². The third-order valence-corrected chi connectivity index (χ3v) is 13.6. The predicted octanol–water partition coefficient (Wildman–Crippen LogP) is 4.30. The van der Waals surface area contributed by atoms with Crippen LogP contribution in [0.25, 0.3) is 0 Å².